The molecule has 3 heterocycles. The van der Waals surface area contributed by atoms with Gasteiger partial charge in [-0.1, -0.05) is 18.2 Å². The molecule has 4 rings (SSSR count). The Morgan fingerprint density at radius 1 is 1.10 bits per heavy atom. The van der Waals surface area contributed by atoms with Crippen LogP contribution in [-0.4, -0.2) is 46.1 Å². The van der Waals surface area contributed by atoms with Gasteiger partial charge in [0.25, 0.3) is 0 Å². The van der Waals surface area contributed by atoms with Crippen LogP contribution in [0, 0.1) is 0 Å². The predicted octanol–water partition coefficient (Wildman–Crippen LogP) is 4.75. The Kier molecular flexibility index (Phi) is 6.77. The van der Waals surface area contributed by atoms with Gasteiger partial charge >= 0.3 is 0 Å². The third-order valence-electron chi connectivity index (χ3n) is 5.75. The van der Waals surface area contributed by atoms with E-state index in [-0.39, 0.29) is 0 Å². The van der Waals surface area contributed by atoms with Crippen LogP contribution in [0.3, 0.4) is 0 Å². The van der Waals surface area contributed by atoms with E-state index in [0.29, 0.717) is 17.9 Å². The summed E-state index contributed by atoms with van der Waals surface area (Å²) >= 11 is 0. The van der Waals surface area contributed by atoms with Gasteiger partial charge in [0, 0.05) is 48.2 Å². The molecule has 3 aromatic rings. The van der Waals surface area contributed by atoms with Crippen molar-refractivity contribution in [2.75, 3.05) is 25.5 Å². The minimum Gasteiger partial charge on any atom is -0.497 e. The standard InChI is InChI=1S/C25H31N5O/c1-18(2)28-25-27-16-23(21-5-4-12-26-15-21)24(29-25)20-10-13-30(14-11-20)17-19-6-8-22(31-3)9-7-19/h4-9,12,15-16,18,20H,10-11,13-14,17H2,1-3H3,(H,27,28,29). The Hall–Kier alpha value is -2.99. The molecule has 0 saturated carbocycles. The Bertz CT molecular complexity index is 967. The number of nitrogens with zero attached hydrogens (tertiary/aromatic N) is 4. The summed E-state index contributed by atoms with van der Waals surface area (Å²) in [5.74, 6) is 2.02. The third-order valence-corrected chi connectivity index (χ3v) is 5.75. The first-order valence-electron chi connectivity index (χ1n) is 11.0. The molecule has 1 N–H and O–H groups in total. The van der Waals surface area contributed by atoms with Crippen molar-refractivity contribution in [3.05, 3.63) is 66.2 Å². The van der Waals surface area contributed by atoms with Crippen molar-refractivity contribution in [2.45, 2.75) is 45.2 Å². The van der Waals surface area contributed by atoms with Gasteiger partial charge in [-0.25, -0.2) is 9.97 Å². The van der Waals surface area contributed by atoms with Crippen molar-refractivity contribution < 1.29 is 4.74 Å². The molecule has 1 fully saturated rings. The molecule has 1 saturated heterocycles. The summed E-state index contributed by atoms with van der Waals surface area (Å²) < 4.78 is 5.27. The third kappa shape index (κ3) is 5.39. The molecule has 0 radical (unpaired) electrons. The smallest absolute Gasteiger partial charge is 0.223 e. The SMILES string of the molecule is COc1ccc(CN2CCC(c3nc(NC(C)C)ncc3-c3cccnc3)CC2)cc1. The molecule has 31 heavy (non-hydrogen) atoms. The Labute approximate surface area is 184 Å². The molecule has 0 spiro atoms. The molecule has 0 unspecified atom stereocenters. The van der Waals surface area contributed by atoms with Crippen LogP contribution >= 0.6 is 0 Å². The second-order valence-corrected chi connectivity index (χ2v) is 8.43. The number of rotatable bonds is 7. The molecule has 1 aliphatic rings. The zero-order chi connectivity index (χ0) is 21.6. The van der Waals surface area contributed by atoms with Crippen LogP contribution in [0.5, 0.6) is 5.75 Å². The van der Waals surface area contributed by atoms with Gasteiger partial charge in [0.05, 0.1) is 12.8 Å². The monoisotopic (exact) mass is 417 g/mol. The summed E-state index contributed by atoms with van der Waals surface area (Å²) in [6.07, 6.45) is 7.82. The maximum absolute atomic E-state index is 5.27. The van der Waals surface area contributed by atoms with E-state index in [9.17, 15) is 0 Å². The van der Waals surface area contributed by atoms with Gasteiger partial charge < -0.3 is 10.1 Å². The number of aromatic nitrogens is 3. The van der Waals surface area contributed by atoms with Crippen LogP contribution in [0.1, 0.15) is 43.9 Å². The maximum atomic E-state index is 5.27. The van der Waals surface area contributed by atoms with Crippen LogP contribution in [-0.2, 0) is 6.54 Å². The Balaban J connectivity index is 1.49. The summed E-state index contributed by atoms with van der Waals surface area (Å²) in [6.45, 7) is 7.29. The van der Waals surface area contributed by atoms with Crippen molar-refractivity contribution in [1.82, 2.24) is 19.9 Å². The van der Waals surface area contributed by atoms with Crippen molar-refractivity contribution in [3.63, 3.8) is 0 Å². The van der Waals surface area contributed by atoms with Gasteiger partial charge in [-0.2, -0.15) is 0 Å². The molecule has 6 heteroatoms. The lowest BCUT2D eigenvalue weighted by atomic mass is 9.89. The second kappa shape index (κ2) is 9.88. The van der Waals surface area contributed by atoms with E-state index in [1.807, 2.05) is 30.6 Å². The molecule has 6 nitrogen and oxygen atoms in total. The van der Waals surface area contributed by atoms with E-state index in [2.05, 4.69) is 52.2 Å². The van der Waals surface area contributed by atoms with Crippen LogP contribution in [0.4, 0.5) is 5.95 Å². The number of benzene rings is 1. The van der Waals surface area contributed by atoms with Gasteiger partial charge in [-0.15, -0.1) is 0 Å². The Morgan fingerprint density at radius 3 is 2.52 bits per heavy atom. The minimum atomic E-state index is 0.295. The number of pyridine rings is 1. The van der Waals surface area contributed by atoms with Gasteiger partial charge in [-0.3, -0.25) is 9.88 Å². The molecule has 2 aromatic heterocycles. The highest BCUT2D eigenvalue weighted by atomic mass is 16.5. The quantitative estimate of drug-likeness (QED) is 0.599. The largest absolute Gasteiger partial charge is 0.497 e. The topological polar surface area (TPSA) is 63.2 Å². The van der Waals surface area contributed by atoms with Gasteiger partial charge in [-0.05, 0) is 63.5 Å². The van der Waals surface area contributed by atoms with Crippen molar-refractivity contribution in [1.29, 1.82) is 0 Å². The van der Waals surface area contributed by atoms with Crippen molar-refractivity contribution >= 4 is 5.95 Å². The lowest BCUT2D eigenvalue weighted by molar-refractivity contribution is 0.203. The van der Waals surface area contributed by atoms with E-state index in [4.69, 9.17) is 9.72 Å². The number of nitrogens with one attached hydrogen (secondary N) is 1. The van der Waals surface area contributed by atoms with E-state index in [0.717, 1.165) is 55.0 Å². The minimum absolute atomic E-state index is 0.295. The Morgan fingerprint density at radius 2 is 1.87 bits per heavy atom. The van der Waals surface area contributed by atoms with E-state index in [1.54, 1.807) is 13.3 Å². The van der Waals surface area contributed by atoms with Crippen LogP contribution in [0.2, 0.25) is 0 Å². The fraction of sp³-hybridized carbons (Fsp3) is 0.400. The summed E-state index contributed by atoms with van der Waals surface area (Å²) in [5.41, 5.74) is 4.63. The lowest BCUT2D eigenvalue weighted by Crippen LogP contribution is -2.33. The summed E-state index contributed by atoms with van der Waals surface area (Å²) in [6, 6.07) is 12.7. The van der Waals surface area contributed by atoms with Gasteiger partial charge in [0.1, 0.15) is 5.75 Å². The molecule has 0 aliphatic carbocycles. The molecular formula is C25H31N5O. The number of ether oxygens (including phenoxy) is 1. The van der Waals surface area contributed by atoms with E-state index >= 15 is 0 Å². The van der Waals surface area contributed by atoms with E-state index in [1.165, 1.54) is 5.56 Å². The second-order valence-electron chi connectivity index (χ2n) is 8.43. The van der Waals surface area contributed by atoms with Crippen molar-refractivity contribution in [2.24, 2.45) is 0 Å². The van der Waals surface area contributed by atoms with Crippen LogP contribution < -0.4 is 10.1 Å². The first-order valence-corrected chi connectivity index (χ1v) is 11.0. The summed E-state index contributed by atoms with van der Waals surface area (Å²) in [4.78, 5) is 16.3. The molecule has 1 aromatic carbocycles. The average Bonchev–Trinajstić information content (AvgIpc) is 2.80. The van der Waals surface area contributed by atoms with Gasteiger partial charge in [0.2, 0.25) is 5.95 Å². The normalized spacial score (nSPS) is 15.2. The molecule has 0 amide bonds. The first-order chi connectivity index (χ1) is 15.1. The highest BCUT2D eigenvalue weighted by molar-refractivity contribution is 5.65. The first kappa shape index (κ1) is 21.2. The molecule has 0 bridgehead atoms. The van der Waals surface area contributed by atoms with Gasteiger partial charge in [0.15, 0.2) is 0 Å². The van der Waals surface area contributed by atoms with Crippen LogP contribution in [0.25, 0.3) is 11.1 Å². The molecule has 0 atom stereocenters. The van der Waals surface area contributed by atoms with Crippen LogP contribution in [0.15, 0.2) is 55.0 Å². The number of methoxy groups -OCH3 is 1. The number of anilines is 1. The lowest BCUT2D eigenvalue weighted by Gasteiger charge is -2.32. The predicted molar refractivity (Wildman–Crippen MR) is 124 cm³/mol. The highest BCUT2D eigenvalue weighted by Crippen LogP contribution is 2.34. The number of hydrogen-bond acceptors (Lipinski definition) is 6. The van der Waals surface area contributed by atoms with E-state index < -0.39 is 0 Å². The molecule has 162 valence electrons. The number of piperidine rings is 1. The summed E-state index contributed by atoms with van der Waals surface area (Å²) in [5, 5.41) is 3.36. The number of likely N-dealkylation sites (tertiary alicyclic amines) is 1. The maximum Gasteiger partial charge on any atom is 0.223 e. The number of hydrogen-bond donors (Lipinski definition) is 1. The zero-order valence-electron chi connectivity index (χ0n) is 18.6. The fourth-order valence-corrected chi connectivity index (χ4v) is 4.13. The molecular weight excluding hydrogens is 386 g/mol. The van der Waals surface area contributed by atoms with Crippen molar-refractivity contribution in [3.8, 4) is 16.9 Å². The molecule has 1 aliphatic heterocycles. The summed E-state index contributed by atoms with van der Waals surface area (Å²) in [7, 11) is 1.70. The highest BCUT2D eigenvalue weighted by Gasteiger charge is 2.25. The average molecular weight is 418 g/mol. The fourth-order valence-electron chi connectivity index (χ4n) is 4.13. The zero-order valence-corrected chi connectivity index (χ0v) is 18.6.